The van der Waals surface area contributed by atoms with Crippen LogP contribution in [0.4, 0.5) is 0 Å². The second-order valence-electron chi connectivity index (χ2n) is 3.64. The SMILES string of the molecule is CSCC(C)CNC(=O)c1ncccc1O. The molecule has 0 saturated heterocycles. The molecule has 0 bridgehead atoms. The molecule has 0 aliphatic heterocycles. The first-order chi connectivity index (χ1) is 7.65. The molecule has 0 fully saturated rings. The van der Waals surface area contributed by atoms with Gasteiger partial charge in [0.15, 0.2) is 5.69 Å². The number of nitrogens with one attached hydrogen (secondary N) is 1. The zero-order chi connectivity index (χ0) is 12.0. The molecule has 0 aromatic carbocycles. The molecule has 0 aliphatic rings. The first kappa shape index (κ1) is 12.8. The molecule has 4 nitrogen and oxygen atoms in total. The number of hydrogen-bond donors (Lipinski definition) is 2. The van der Waals surface area contributed by atoms with E-state index in [1.165, 1.54) is 12.3 Å². The number of pyridine rings is 1. The van der Waals surface area contributed by atoms with Crippen LogP contribution in [-0.4, -0.2) is 34.6 Å². The molecule has 2 N–H and O–H groups in total. The van der Waals surface area contributed by atoms with Crippen LogP contribution in [0, 0.1) is 5.92 Å². The summed E-state index contributed by atoms with van der Waals surface area (Å²) < 4.78 is 0. The Morgan fingerprint density at radius 1 is 1.69 bits per heavy atom. The fourth-order valence-corrected chi connectivity index (χ4v) is 1.95. The van der Waals surface area contributed by atoms with Crippen LogP contribution in [0.15, 0.2) is 18.3 Å². The highest BCUT2D eigenvalue weighted by molar-refractivity contribution is 7.98. The maximum absolute atomic E-state index is 11.6. The van der Waals surface area contributed by atoms with Crippen molar-refractivity contribution >= 4 is 17.7 Å². The molecular formula is C11H16N2O2S. The number of hydrogen-bond acceptors (Lipinski definition) is 4. The van der Waals surface area contributed by atoms with Crippen molar-refractivity contribution in [1.82, 2.24) is 10.3 Å². The Balaban J connectivity index is 2.50. The van der Waals surface area contributed by atoms with Crippen molar-refractivity contribution in [3.8, 4) is 5.75 Å². The summed E-state index contributed by atoms with van der Waals surface area (Å²) in [5, 5.41) is 12.2. The molecule has 1 rings (SSSR count). The molecule has 88 valence electrons. The molecule has 0 aliphatic carbocycles. The first-order valence-electron chi connectivity index (χ1n) is 5.06. The molecule has 1 aromatic rings. The number of amides is 1. The first-order valence-corrected chi connectivity index (χ1v) is 6.45. The van der Waals surface area contributed by atoms with Gasteiger partial charge in [-0.1, -0.05) is 6.92 Å². The van der Waals surface area contributed by atoms with Gasteiger partial charge in [-0.05, 0) is 30.1 Å². The molecule has 1 amide bonds. The van der Waals surface area contributed by atoms with Crippen LogP contribution in [-0.2, 0) is 0 Å². The minimum absolute atomic E-state index is 0.0823. The molecule has 0 radical (unpaired) electrons. The van der Waals surface area contributed by atoms with Gasteiger partial charge in [0.1, 0.15) is 5.75 Å². The molecule has 5 heteroatoms. The molecule has 1 unspecified atom stereocenters. The quantitative estimate of drug-likeness (QED) is 0.819. The van der Waals surface area contributed by atoms with E-state index in [1.807, 2.05) is 6.26 Å². The lowest BCUT2D eigenvalue weighted by atomic mass is 10.2. The van der Waals surface area contributed by atoms with Crippen molar-refractivity contribution in [2.24, 2.45) is 5.92 Å². The van der Waals surface area contributed by atoms with Gasteiger partial charge < -0.3 is 10.4 Å². The van der Waals surface area contributed by atoms with Gasteiger partial charge in [0.05, 0.1) is 0 Å². The third-order valence-electron chi connectivity index (χ3n) is 2.06. The highest BCUT2D eigenvalue weighted by Gasteiger charge is 2.12. The number of nitrogens with zero attached hydrogens (tertiary/aromatic N) is 1. The summed E-state index contributed by atoms with van der Waals surface area (Å²) >= 11 is 1.74. The monoisotopic (exact) mass is 240 g/mol. The topological polar surface area (TPSA) is 62.2 Å². The van der Waals surface area contributed by atoms with Crippen molar-refractivity contribution in [3.05, 3.63) is 24.0 Å². The Morgan fingerprint density at radius 3 is 3.06 bits per heavy atom. The van der Waals surface area contributed by atoms with Crippen molar-refractivity contribution in [1.29, 1.82) is 0 Å². The summed E-state index contributed by atoms with van der Waals surface area (Å²) in [7, 11) is 0. The predicted octanol–water partition coefficient (Wildman–Crippen LogP) is 1.52. The molecule has 1 heterocycles. The number of carbonyl (C=O) groups is 1. The average molecular weight is 240 g/mol. The third-order valence-corrected chi connectivity index (χ3v) is 2.97. The second kappa shape index (κ2) is 6.37. The number of rotatable bonds is 5. The van der Waals surface area contributed by atoms with Crippen LogP contribution < -0.4 is 5.32 Å². The van der Waals surface area contributed by atoms with E-state index < -0.39 is 0 Å². The van der Waals surface area contributed by atoms with Crippen LogP contribution in [0.25, 0.3) is 0 Å². The van der Waals surface area contributed by atoms with Crippen molar-refractivity contribution in [2.45, 2.75) is 6.92 Å². The van der Waals surface area contributed by atoms with Crippen molar-refractivity contribution < 1.29 is 9.90 Å². The van der Waals surface area contributed by atoms with Crippen molar-refractivity contribution in [3.63, 3.8) is 0 Å². The van der Waals surface area contributed by atoms with E-state index in [9.17, 15) is 9.90 Å². The fourth-order valence-electron chi connectivity index (χ4n) is 1.27. The van der Waals surface area contributed by atoms with Gasteiger partial charge in [-0.15, -0.1) is 0 Å². The highest BCUT2D eigenvalue weighted by atomic mass is 32.2. The Labute approximate surface area is 99.5 Å². The molecule has 0 spiro atoms. The van der Waals surface area contributed by atoms with Gasteiger partial charge in [-0.3, -0.25) is 4.79 Å². The number of thioether (sulfide) groups is 1. The summed E-state index contributed by atoms with van der Waals surface area (Å²) in [6.45, 7) is 2.66. The molecule has 1 atom stereocenters. The van der Waals surface area contributed by atoms with Gasteiger partial charge >= 0.3 is 0 Å². The van der Waals surface area contributed by atoms with Gasteiger partial charge in [0, 0.05) is 12.7 Å². The van der Waals surface area contributed by atoms with Gasteiger partial charge in [-0.25, -0.2) is 4.98 Å². The van der Waals surface area contributed by atoms with E-state index in [2.05, 4.69) is 17.2 Å². The maximum atomic E-state index is 11.6. The largest absolute Gasteiger partial charge is 0.505 e. The molecule has 0 saturated carbocycles. The van der Waals surface area contributed by atoms with E-state index in [-0.39, 0.29) is 17.4 Å². The van der Waals surface area contributed by atoms with Crippen LogP contribution in [0.2, 0.25) is 0 Å². The van der Waals surface area contributed by atoms with E-state index in [0.717, 1.165) is 5.75 Å². The minimum Gasteiger partial charge on any atom is -0.505 e. The summed E-state index contributed by atoms with van der Waals surface area (Å²) in [6, 6.07) is 3.04. The van der Waals surface area contributed by atoms with Gasteiger partial charge in [-0.2, -0.15) is 11.8 Å². The predicted molar refractivity (Wildman–Crippen MR) is 65.8 cm³/mol. The smallest absolute Gasteiger partial charge is 0.273 e. The summed E-state index contributed by atoms with van der Waals surface area (Å²) in [5.41, 5.74) is 0.0823. The standard InChI is InChI=1S/C11H16N2O2S/c1-8(7-16-2)6-13-11(15)10-9(14)4-3-5-12-10/h3-5,8,14H,6-7H2,1-2H3,(H,13,15). The maximum Gasteiger partial charge on any atom is 0.273 e. The number of aromatic nitrogens is 1. The normalized spacial score (nSPS) is 12.1. The lowest BCUT2D eigenvalue weighted by Gasteiger charge is -2.11. The van der Waals surface area contributed by atoms with Crippen LogP contribution in [0.5, 0.6) is 5.75 Å². The molecule has 16 heavy (non-hydrogen) atoms. The van der Waals surface area contributed by atoms with Gasteiger partial charge in [0.2, 0.25) is 0 Å². The van der Waals surface area contributed by atoms with Crippen molar-refractivity contribution in [2.75, 3.05) is 18.6 Å². The Bertz CT molecular complexity index is 358. The van der Waals surface area contributed by atoms with Gasteiger partial charge in [0.25, 0.3) is 5.91 Å². The summed E-state index contributed by atoms with van der Waals surface area (Å²) in [4.78, 5) is 15.5. The Morgan fingerprint density at radius 2 is 2.44 bits per heavy atom. The highest BCUT2D eigenvalue weighted by Crippen LogP contribution is 2.12. The Hall–Kier alpha value is -1.23. The Kier molecular flexibility index (Phi) is 5.11. The van der Waals surface area contributed by atoms with E-state index >= 15 is 0 Å². The van der Waals surface area contributed by atoms with E-state index in [0.29, 0.717) is 12.5 Å². The van der Waals surface area contributed by atoms with E-state index in [1.54, 1.807) is 17.8 Å². The zero-order valence-electron chi connectivity index (χ0n) is 9.43. The number of aromatic hydroxyl groups is 1. The molecular weight excluding hydrogens is 224 g/mol. The zero-order valence-corrected chi connectivity index (χ0v) is 10.3. The number of carbonyl (C=O) groups excluding carboxylic acids is 1. The molecule has 1 aromatic heterocycles. The summed E-state index contributed by atoms with van der Waals surface area (Å²) in [5.74, 6) is 0.988. The van der Waals surface area contributed by atoms with Crippen LogP contribution in [0.3, 0.4) is 0 Å². The lowest BCUT2D eigenvalue weighted by Crippen LogP contribution is -2.29. The van der Waals surface area contributed by atoms with E-state index in [4.69, 9.17) is 0 Å². The second-order valence-corrected chi connectivity index (χ2v) is 4.55. The lowest BCUT2D eigenvalue weighted by molar-refractivity contribution is 0.0941. The minimum atomic E-state index is -0.328. The summed E-state index contributed by atoms with van der Waals surface area (Å²) in [6.07, 6.45) is 3.52. The van der Waals surface area contributed by atoms with Crippen LogP contribution >= 0.6 is 11.8 Å². The fraction of sp³-hybridized carbons (Fsp3) is 0.455. The van der Waals surface area contributed by atoms with Crippen LogP contribution in [0.1, 0.15) is 17.4 Å². The average Bonchev–Trinajstić information content (AvgIpc) is 2.27. The third kappa shape index (κ3) is 3.73.